The Hall–Kier alpha value is -3.02. The minimum absolute atomic E-state index is 0.373. The van der Waals surface area contributed by atoms with E-state index in [-0.39, 0.29) is 0 Å². The van der Waals surface area contributed by atoms with Crippen molar-refractivity contribution in [2.45, 2.75) is 39.7 Å². The molecule has 1 aliphatic heterocycles. The smallest absolute Gasteiger partial charge is 0.313 e. The van der Waals surface area contributed by atoms with Gasteiger partial charge in [-0.05, 0) is 53.6 Å². The van der Waals surface area contributed by atoms with Crippen LogP contribution in [0.25, 0.3) is 0 Å². The lowest BCUT2D eigenvalue weighted by atomic mass is 9.98. The molecule has 0 aromatic heterocycles. The molecule has 154 valence electrons. The first-order valence-corrected chi connectivity index (χ1v) is 9.97. The molecule has 0 radical (unpaired) electrons. The number of amides is 2. The zero-order valence-electron chi connectivity index (χ0n) is 17.5. The van der Waals surface area contributed by atoms with Crippen LogP contribution in [0.3, 0.4) is 0 Å². The fraction of sp³-hybridized carbons (Fsp3) is 0.391. The minimum atomic E-state index is -0.593. The number of anilines is 1. The summed E-state index contributed by atoms with van der Waals surface area (Å²) in [5.41, 5.74) is 4.91. The predicted molar refractivity (Wildman–Crippen MR) is 112 cm³/mol. The van der Waals surface area contributed by atoms with Gasteiger partial charge >= 0.3 is 11.8 Å². The highest BCUT2D eigenvalue weighted by atomic mass is 16.5. The summed E-state index contributed by atoms with van der Waals surface area (Å²) in [6.45, 7) is 4.94. The maximum Gasteiger partial charge on any atom is 0.313 e. The normalized spacial score (nSPS) is 12.9. The maximum absolute atomic E-state index is 12.8. The zero-order chi connectivity index (χ0) is 21.0. The first-order chi connectivity index (χ1) is 14.0. The van der Waals surface area contributed by atoms with Crippen LogP contribution in [0.2, 0.25) is 0 Å². The molecular weight excluding hydrogens is 368 g/mol. The number of hydrogen-bond donors (Lipinski definition) is 1. The molecule has 2 aromatic carbocycles. The lowest BCUT2D eigenvalue weighted by Gasteiger charge is -2.29. The van der Waals surface area contributed by atoms with Gasteiger partial charge < -0.3 is 19.7 Å². The standard InChI is InChI=1S/C23H28N2O4/c1-5-15-8-7-9-16(6-2)21(15)24-22(26)23(27)25-11-10-17-12-19(28-3)20(29-4)13-18(17)14-25/h7-9,12-13H,5-6,10-11,14H2,1-4H3,(H,24,26). The highest BCUT2D eigenvalue weighted by Crippen LogP contribution is 2.33. The van der Waals surface area contributed by atoms with Gasteiger partial charge in [0, 0.05) is 18.8 Å². The largest absolute Gasteiger partial charge is 0.493 e. The molecule has 6 nitrogen and oxygen atoms in total. The Morgan fingerprint density at radius 1 is 1.00 bits per heavy atom. The number of hydrogen-bond acceptors (Lipinski definition) is 4. The van der Waals surface area contributed by atoms with Crippen LogP contribution in [0.1, 0.15) is 36.1 Å². The van der Waals surface area contributed by atoms with Gasteiger partial charge in [0.1, 0.15) is 0 Å². The highest BCUT2D eigenvalue weighted by molar-refractivity contribution is 6.39. The summed E-state index contributed by atoms with van der Waals surface area (Å²) in [6.07, 6.45) is 2.24. The van der Waals surface area contributed by atoms with Gasteiger partial charge in [0.25, 0.3) is 0 Å². The molecular formula is C23H28N2O4. The predicted octanol–water partition coefficient (Wildman–Crippen LogP) is 3.35. The van der Waals surface area contributed by atoms with Crippen LogP contribution >= 0.6 is 0 Å². The van der Waals surface area contributed by atoms with Crippen molar-refractivity contribution in [3.05, 3.63) is 52.6 Å². The number of nitrogens with one attached hydrogen (secondary N) is 1. The van der Waals surface area contributed by atoms with Gasteiger partial charge in [-0.3, -0.25) is 9.59 Å². The first-order valence-electron chi connectivity index (χ1n) is 9.97. The molecule has 1 N–H and O–H groups in total. The molecule has 3 rings (SSSR count). The summed E-state index contributed by atoms with van der Waals surface area (Å²) >= 11 is 0. The number of para-hydroxylation sites is 1. The zero-order valence-corrected chi connectivity index (χ0v) is 17.5. The van der Waals surface area contributed by atoms with Gasteiger partial charge in [0.2, 0.25) is 0 Å². The number of carbonyl (C=O) groups is 2. The summed E-state index contributed by atoms with van der Waals surface area (Å²) in [6, 6.07) is 9.78. The summed E-state index contributed by atoms with van der Waals surface area (Å²) in [7, 11) is 3.19. The molecule has 0 aliphatic carbocycles. The number of benzene rings is 2. The second-order valence-electron chi connectivity index (χ2n) is 7.07. The molecule has 2 amide bonds. The molecule has 6 heteroatoms. The third-order valence-electron chi connectivity index (χ3n) is 5.44. The van der Waals surface area contributed by atoms with E-state index in [2.05, 4.69) is 5.32 Å². The summed E-state index contributed by atoms with van der Waals surface area (Å²) in [4.78, 5) is 27.2. The molecule has 0 spiro atoms. The van der Waals surface area contributed by atoms with Crippen molar-refractivity contribution >= 4 is 17.5 Å². The van der Waals surface area contributed by atoms with Crippen molar-refractivity contribution in [2.24, 2.45) is 0 Å². The number of nitrogens with zero attached hydrogens (tertiary/aromatic N) is 1. The Labute approximate surface area is 171 Å². The van der Waals surface area contributed by atoms with E-state index in [0.29, 0.717) is 31.0 Å². The highest BCUT2D eigenvalue weighted by Gasteiger charge is 2.27. The summed E-state index contributed by atoms with van der Waals surface area (Å²) in [5, 5.41) is 2.87. The van der Waals surface area contributed by atoms with Crippen LogP contribution in [0.15, 0.2) is 30.3 Å². The molecule has 1 heterocycles. The molecule has 0 saturated carbocycles. The molecule has 1 aliphatic rings. The van der Waals surface area contributed by atoms with Crippen molar-refractivity contribution < 1.29 is 19.1 Å². The van der Waals surface area contributed by atoms with Crippen molar-refractivity contribution in [1.82, 2.24) is 4.90 Å². The lowest BCUT2D eigenvalue weighted by molar-refractivity contribution is -0.143. The topological polar surface area (TPSA) is 67.9 Å². The SMILES string of the molecule is CCc1cccc(CC)c1NC(=O)C(=O)N1CCc2cc(OC)c(OC)cc2C1. The second kappa shape index (κ2) is 8.99. The number of ether oxygens (including phenoxy) is 2. The van der Waals surface area contributed by atoms with Crippen molar-refractivity contribution in [3.63, 3.8) is 0 Å². The Balaban J connectivity index is 1.78. The molecule has 29 heavy (non-hydrogen) atoms. The van der Waals surface area contributed by atoms with Gasteiger partial charge in [-0.15, -0.1) is 0 Å². The van der Waals surface area contributed by atoms with Gasteiger partial charge in [-0.1, -0.05) is 32.0 Å². The summed E-state index contributed by atoms with van der Waals surface area (Å²) < 4.78 is 10.7. The van der Waals surface area contributed by atoms with Crippen molar-refractivity contribution in [2.75, 3.05) is 26.1 Å². The Morgan fingerprint density at radius 3 is 2.14 bits per heavy atom. The molecule has 0 bridgehead atoms. The summed E-state index contributed by atoms with van der Waals surface area (Å²) in [5.74, 6) is 0.185. The van der Waals surface area contributed by atoms with Crippen LogP contribution in [-0.2, 0) is 35.4 Å². The Bertz CT molecular complexity index is 901. The third kappa shape index (κ3) is 4.21. The molecule has 0 atom stereocenters. The molecule has 0 fully saturated rings. The minimum Gasteiger partial charge on any atom is -0.493 e. The number of aryl methyl sites for hydroxylation is 2. The van der Waals surface area contributed by atoms with Crippen LogP contribution in [0.5, 0.6) is 11.5 Å². The third-order valence-corrected chi connectivity index (χ3v) is 5.44. The van der Waals surface area contributed by atoms with Crippen LogP contribution in [0.4, 0.5) is 5.69 Å². The number of fused-ring (bicyclic) bond motifs is 1. The average Bonchev–Trinajstić information content (AvgIpc) is 2.77. The lowest BCUT2D eigenvalue weighted by Crippen LogP contribution is -2.42. The van der Waals surface area contributed by atoms with E-state index in [1.54, 1.807) is 19.1 Å². The quantitative estimate of drug-likeness (QED) is 0.787. The van der Waals surface area contributed by atoms with Gasteiger partial charge in [0.05, 0.1) is 14.2 Å². The van der Waals surface area contributed by atoms with Crippen molar-refractivity contribution in [3.8, 4) is 11.5 Å². The van der Waals surface area contributed by atoms with E-state index < -0.39 is 11.8 Å². The van der Waals surface area contributed by atoms with Gasteiger partial charge in [0.15, 0.2) is 11.5 Å². The monoisotopic (exact) mass is 396 g/mol. The Kier molecular flexibility index (Phi) is 6.42. The molecule has 0 unspecified atom stereocenters. The van der Waals surface area contributed by atoms with E-state index in [9.17, 15) is 9.59 Å². The van der Waals surface area contributed by atoms with E-state index in [0.717, 1.165) is 40.8 Å². The number of rotatable bonds is 5. The van der Waals surface area contributed by atoms with E-state index >= 15 is 0 Å². The number of methoxy groups -OCH3 is 2. The second-order valence-corrected chi connectivity index (χ2v) is 7.07. The fourth-order valence-electron chi connectivity index (χ4n) is 3.77. The maximum atomic E-state index is 12.8. The van der Waals surface area contributed by atoms with E-state index in [4.69, 9.17) is 9.47 Å². The van der Waals surface area contributed by atoms with Crippen LogP contribution < -0.4 is 14.8 Å². The van der Waals surface area contributed by atoms with Gasteiger partial charge in [-0.2, -0.15) is 0 Å². The van der Waals surface area contributed by atoms with Crippen LogP contribution in [0, 0.1) is 0 Å². The number of carbonyl (C=O) groups excluding carboxylic acids is 2. The first kappa shape index (κ1) is 20.7. The van der Waals surface area contributed by atoms with Gasteiger partial charge in [-0.25, -0.2) is 0 Å². The Morgan fingerprint density at radius 2 is 1.59 bits per heavy atom. The van der Waals surface area contributed by atoms with Crippen molar-refractivity contribution in [1.29, 1.82) is 0 Å². The van der Waals surface area contributed by atoms with E-state index in [1.165, 1.54) is 0 Å². The molecule has 2 aromatic rings. The van der Waals surface area contributed by atoms with Crippen LogP contribution in [-0.4, -0.2) is 37.5 Å². The fourth-order valence-corrected chi connectivity index (χ4v) is 3.77. The average molecular weight is 396 g/mol. The molecule has 0 saturated heterocycles. The van der Waals surface area contributed by atoms with E-state index in [1.807, 2.05) is 44.2 Å².